The standard InChI is InChI=1S/C24H41NO2/c1-3-4-5-6-7-8-9-10-11-12-13-14-15-16-17-18-20-25-21-19-23(26)24(27)22(25)2/h10-11,19,21,27H,3-9,12-18,20H2,1-2H3/b11-10+. The molecule has 1 N–H and O–H groups in total. The summed E-state index contributed by atoms with van der Waals surface area (Å²) in [5, 5.41) is 9.68. The summed E-state index contributed by atoms with van der Waals surface area (Å²) >= 11 is 0. The van der Waals surface area contributed by atoms with Crippen molar-refractivity contribution in [3.8, 4) is 5.75 Å². The van der Waals surface area contributed by atoms with Gasteiger partial charge >= 0.3 is 0 Å². The third-order valence-corrected chi connectivity index (χ3v) is 5.32. The van der Waals surface area contributed by atoms with Crippen LogP contribution in [0.4, 0.5) is 0 Å². The highest BCUT2D eigenvalue weighted by Crippen LogP contribution is 2.13. The first-order chi connectivity index (χ1) is 13.2. The Labute approximate surface area is 166 Å². The number of unbranched alkanes of at least 4 members (excludes halogenated alkanes) is 12. The summed E-state index contributed by atoms with van der Waals surface area (Å²) in [5.41, 5.74) is 0.389. The van der Waals surface area contributed by atoms with Crippen molar-refractivity contribution in [3.05, 3.63) is 40.3 Å². The third kappa shape index (κ3) is 11.0. The van der Waals surface area contributed by atoms with Crippen molar-refractivity contribution in [2.75, 3.05) is 0 Å². The SMILES string of the molecule is CCCCCCCC/C=C/CCCCCCCCn1ccc(=O)c(O)c1C. The summed E-state index contributed by atoms with van der Waals surface area (Å²) in [5.74, 6) is -0.109. The molecule has 0 aliphatic carbocycles. The molecule has 0 spiro atoms. The van der Waals surface area contributed by atoms with Gasteiger partial charge in [0.25, 0.3) is 0 Å². The lowest BCUT2D eigenvalue weighted by Crippen LogP contribution is -2.10. The summed E-state index contributed by atoms with van der Waals surface area (Å²) in [6.45, 7) is 4.95. The van der Waals surface area contributed by atoms with E-state index < -0.39 is 0 Å². The fourth-order valence-corrected chi connectivity index (χ4v) is 3.43. The summed E-state index contributed by atoms with van der Waals surface area (Å²) in [7, 11) is 0. The maximum Gasteiger partial charge on any atom is 0.223 e. The molecule has 3 nitrogen and oxygen atoms in total. The Balaban J connectivity index is 1.91. The van der Waals surface area contributed by atoms with E-state index in [4.69, 9.17) is 0 Å². The van der Waals surface area contributed by atoms with Crippen LogP contribution in [-0.4, -0.2) is 9.67 Å². The minimum Gasteiger partial charge on any atom is -0.503 e. The number of nitrogens with zero attached hydrogens (tertiary/aromatic N) is 1. The van der Waals surface area contributed by atoms with Crippen LogP contribution in [0.5, 0.6) is 5.75 Å². The van der Waals surface area contributed by atoms with Crippen LogP contribution in [0.15, 0.2) is 29.2 Å². The molecule has 0 saturated carbocycles. The Morgan fingerprint density at radius 3 is 1.96 bits per heavy atom. The fraction of sp³-hybridized carbons (Fsp3) is 0.708. The second kappa shape index (κ2) is 15.5. The maximum absolute atomic E-state index is 11.3. The molecule has 3 heteroatoms. The van der Waals surface area contributed by atoms with E-state index in [9.17, 15) is 9.90 Å². The summed E-state index contributed by atoms with van der Waals surface area (Å²) in [6.07, 6.45) is 24.8. The van der Waals surface area contributed by atoms with Gasteiger partial charge in [0.2, 0.25) is 5.43 Å². The van der Waals surface area contributed by atoms with Gasteiger partial charge in [-0.1, -0.05) is 76.9 Å². The van der Waals surface area contributed by atoms with Gasteiger partial charge in [-0.3, -0.25) is 4.79 Å². The molecule has 0 bridgehead atoms. The highest BCUT2D eigenvalue weighted by Gasteiger charge is 2.04. The second-order valence-corrected chi connectivity index (χ2v) is 7.75. The van der Waals surface area contributed by atoms with Crippen molar-refractivity contribution in [2.24, 2.45) is 0 Å². The predicted octanol–water partition coefficient (Wildman–Crippen LogP) is 6.90. The Hall–Kier alpha value is -1.51. The molecule has 1 aromatic rings. The molecule has 27 heavy (non-hydrogen) atoms. The van der Waals surface area contributed by atoms with Crippen LogP contribution in [0.25, 0.3) is 0 Å². The zero-order valence-electron chi connectivity index (χ0n) is 17.7. The van der Waals surface area contributed by atoms with Gasteiger partial charge in [-0.15, -0.1) is 0 Å². The Morgan fingerprint density at radius 1 is 0.852 bits per heavy atom. The third-order valence-electron chi connectivity index (χ3n) is 5.32. The number of hydrogen-bond donors (Lipinski definition) is 1. The van der Waals surface area contributed by atoms with Crippen LogP contribution >= 0.6 is 0 Å². The number of rotatable bonds is 16. The van der Waals surface area contributed by atoms with Crippen molar-refractivity contribution >= 4 is 0 Å². The van der Waals surface area contributed by atoms with Crippen molar-refractivity contribution in [1.29, 1.82) is 0 Å². The fourth-order valence-electron chi connectivity index (χ4n) is 3.43. The normalized spacial score (nSPS) is 11.5. The first-order valence-electron chi connectivity index (χ1n) is 11.2. The lowest BCUT2D eigenvalue weighted by atomic mass is 10.1. The van der Waals surface area contributed by atoms with Gasteiger partial charge in [-0.2, -0.15) is 0 Å². The summed E-state index contributed by atoms with van der Waals surface area (Å²) in [4.78, 5) is 11.3. The molecule has 0 aliphatic rings. The average Bonchev–Trinajstić information content (AvgIpc) is 2.67. The highest BCUT2D eigenvalue weighted by molar-refractivity contribution is 5.25. The van der Waals surface area contributed by atoms with E-state index in [1.54, 1.807) is 13.1 Å². The van der Waals surface area contributed by atoms with E-state index >= 15 is 0 Å². The van der Waals surface area contributed by atoms with Crippen LogP contribution in [0.1, 0.15) is 103 Å². The molecular weight excluding hydrogens is 334 g/mol. The molecule has 0 amide bonds. The smallest absolute Gasteiger partial charge is 0.223 e. The van der Waals surface area contributed by atoms with E-state index in [0.29, 0.717) is 5.69 Å². The zero-order chi connectivity index (χ0) is 19.7. The van der Waals surface area contributed by atoms with Crippen LogP contribution in [0.3, 0.4) is 0 Å². The number of hydrogen-bond acceptors (Lipinski definition) is 2. The monoisotopic (exact) mass is 375 g/mol. The van der Waals surface area contributed by atoms with Gasteiger partial charge in [-0.25, -0.2) is 0 Å². The molecule has 0 radical (unpaired) electrons. The molecule has 1 heterocycles. The van der Waals surface area contributed by atoms with Gasteiger partial charge in [0.1, 0.15) is 0 Å². The first-order valence-corrected chi connectivity index (χ1v) is 11.2. The second-order valence-electron chi connectivity index (χ2n) is 7.75. The Morgan fingerprint density at radius 2 is 1.37 bits per heavy atom. The van der Waals surface area contributed by atoms with Crippen molar-refractivity contribution in [1.82, 2.24) is 4.57 Å². The van der Waals surface area contributed by atoms with E-state index in [1.807, 2.05) is 4.57 Å². The average molecular weight is 376 g/mol. The van der Waals surface area contributed by atoms with Gasteiger partial charge in [0.05, 0.1) is 5.69 Å². The number of pyridine rings is 1. The van der Waals surface area contributed by atoms with Crippen LogP contribution in [0.2, 0.25) is 0 Å². The largest absolute Gasteiger partial charge is 0.503 e. The van der Waals surface area contributed by atoms with E-state index in [2.05, 4.69) is 19.1 Å². The highest BCUT2D eigenvalue weighted by atomic mass is 16.3. The minimum absolute atomic E-state index is 0.109. The van der Waals surface area contributed by atoms with E-state index in [-0.39, 0.29) is 11.2 Å². The molecule has 0 aliphatic heterocycles. The maximum atomic E-state index is 11.3. The molecule has 1 aromatic heterocycles. The lowest BCUT2D eigenvalue weighted by molar-refractivity contribution is 0.449. The van der Waals surface area contributed by atoms with Crippen LogP contribution < -0.4 is 5.43 Å². The number of aromatic hydroxyl groups is 1. The van der Waals surface area contributed by atoms with E-state index in [1.165, 1.54) is 89.5 Å². The van der Waals surface area contributed by atoms with Crippen molar-refractivity contribution < 1.29 is 5.11 Å². The van der Waals surface area contributed by atoms with Crippen molar-refractivity contribution in [2.45, 2.75) is 110 Å². The van der Waals surface area contributed by atoms with E-state index in [0.717, 1.165) is 13.0 Å². The lowest BCUT2D eigenvalue weighted by Gasteiger charge is -2.11. The minimum atomic E-state index is -0.287. The zero-order valence-corrected chi connectivity index (χ0v) is 17.7. The number of aryl methyl sites for hydroxylation is 1. The predicted molar refractivity (Wildman–Crippen MR) is 117 cm³/mol. The first kappa shape index (κ1) is 23.5. The molecule has 154 valence electrons. The summed E-state index contributed by atoms with van der Waals surface area (Å²) < 4.78 is 1.98. The molecule has 0 fully saturated rings. The van der Waals surface area contributed by atoms with Crippen LogP contribution in [-0.2, 0) is 6.54 Å². The Kier molecular flexibility index (Phi) is 13.5. The Bertz CT molecular complexity index is 574. The topological polar surface area (TPSA) is 42.2 Å². The molecular formula is C24H41NO2. The van der Waals surface area contributed by atoms with Gasteiger partial charge < -0.3 is 9.67 Å². The van der Waals surface area contributed by atoms with Gasteiger partial charge in [0, 0.05) is 18.8 Å². The quantitative estimate of drug-likeness (QED) is 0.252. The van der Waals surface area contributed by atoms with Crippen molar-refractivity contribution in [3.63, 3.8) is 0 Å². The molecule has 0 aromatic carbocycles. The molecule has 0 saturated heterocycles. The number of aromatic nitrogens is 1. The summed E-state index contributed by atoms with van der Waals surface area (Å²) in [6, 6.07) is 1.45. The van der Waals surface area contributed by atoms with Gasteiger partial charge in [0.15, 0.2) is 5.75 Å². The molecule has 0 unspecified atom stereocenters. The van der Waals surface area contributed by atoms with Crippen LogP contribution in [0, 0.1) is 6.92 Å². The molecule has 1 rings (SSSR count). The number of allylic oxidation sites excluding steroid dienone is 2. The van der Waals surface area contributed by atoms with Gasteiger partial charge in [-0.05, 0) is 39.0 Å². The molecule has 0 atom stereocenters.